The Kier molecular flexibility index (Phi) is 3.45. The average Bonchev–Trinajstić information content (AvgIpc) is 2.17. The van der Waals surface area contributed by atoms with Gasteiger partial charge in [-0.2, -0.15) is 0 Å². The van der Waals surface area contributed by atoms with E-state index in [0.29, 0.717) is 5.82 Å². The predicted octanol–water partition coefficient (Wildman–Crippen LogP) is 1.62. The number of ether oxygens (including phenoxy) is 1. The minimum atomic E-state index is -0.424. The average molecular weight is 194 g/mol. The number of carbonyl (C=O) groups is 1. The van der Waals surface area contributed by atoms with Crippen molar-refractivity contribution in [3.05, 3.63) is 23.9 Å². The molecule has 0 saturated carbocycles. The maximum atomic E-state index is 11.4. The van der Waals surface area contributed by atoms with Crippen LogP contribution in [0, 0.1) is 0 Å². The zero-order valence-corrected chi connectivity index (χ0v) is 8.36. The molecule has 1 rings (SSSR count). The number of pyridine rings is 1. The summed E-state index contributed by atoms with van der Waals surface area (Å²) in [5, 5.41) is 0. The highest BCUT2D eigenvalue weighted by Gasteiger charge is 2.11. The first-order valence-corrected chi connectivity index (χ1v) is 4.57. The number of rotatable bonds is 3. The third-order valence-corrected chi connectivity index (χ3v) is 1.86. The molecule has 4 nitrogen and oxygen atoms in total. The molecule has 1 heterocycles. The van der Waals surface area contributed by atoms with E-state index < -0.39 is 5.97 Å². The maximum absolute atomic E-state index is 11.4. The van der Waals surface area contributed by atoms with Gasteiger partial charge in [-0.25, -0.2) is 9.78 Å². The molecule has 0 aliphatic heterocycles. The third kappa shape index (κ3) is 2.73. The first-order chi connectivity index (χ1) is 6.63. The Morgan fingerprint density at radius 1 is 1.64 bits per heavy atom. The van der Waals surface area contributed by atoms with Crippen LogP contribution in [0.15, 0.2) is 18.2 Å². The summed E-state index contributed by atoms with van der Waals surface area (Å²) in [6.45, 7) is 3.79. The fraction of sp³-hybridized carbons (Fsp3) is 0.400. The standard InChI is InChI=1S/C10H14N2O2/c1-3-7(2)14-10(13)8-5-4-6-9(11)12-8/h4-7H,3H2,1-2H3,(H2,11,12). The molecule has 0 bridgehead atoms. The highest BCUT2D eigenvalue weighted by molar-refractivity contribution is 5.87. The monoisotopic (exact) mass is 194 g/mol. The number of esters is 1. The zero-order chi connectivity index (χ0) is 10.6. The van der Waals surface area contributed by atoms with Gasteiger partial charge in [0.05, 0.1) is 6.10 Å². The van der Waals surface area contributed by atoms with E-state index in [-0.39, 0.29) is 11.8 Å². The molecule has 14 heavy (non-hydrogen) atoms. The SMILES string of the molecule is CCC(C)OC(=O)c1cccc(N)n1. The number of hydrogen-bond acceptors (Lipinski definition) is 4. The van der Waals surface area contributed by atoms with E-state index in [2.05, 4.69) is 4.98 Å². The summed E-state index contributed by atoms with van der Waals surface area (Å²) in [6.07, 6.45) is 0.694. The Morgan fingerprint density at radius 3 is 2.93 bits per heavy atom. The number of carbonyl (C=O) groups excluding carboxylic acids is 1. The second kappa shape index (κ2) is 4.60. The summed E-state index contributed by atoms with van der Waals surface area (Å²) in [5.74, 6) is -0.102. The van der Waals surface area contributed by atoms with Crippen molar-refractivity contribution in [1.29, 1.82) is 0 Å². The number of anilines is 1. The molecule has 0 fully saturated rings. The normalized spacial score (nSPS) is 12.1. The van der Waals surface area contributed by atoms with Crippen molar-refractivity contribution < 1.29 is 9.53 Å². The van der Waals surface area contributed by atoms with Gasteiger partial charge in [0, 0.05) is 0 Å². The second-order valence-electron chi connectivity index (χ2n) is 3.07. The largest absolute Gasteiger partial charge is 0.458 e. The molecule has 0 aliphatic rings. The van der Waals surface area contributed by atoms with Gasteiger partial charge in [-0.3, -0.25) is 0 Å². The maximum Gasteiger partial charge on any atom is 0.357 e. The van der Waals surface area contributed by atoms with Crippen LogP contribution in [0.25, 0.3) is 0 Å². The number of aromatic nitrogens is 1. The first kappa shape index (κ1) is 10.5. The summed E-state index contributed by atoms with van der Waals surface area (Å²) in [7, 11) is 0. The molecule has 1 unspecified atom stereocenters. The van der Waals surface area contributed by atoms with Crippen LogP contribution in [0.4, 0.5) is 5.82 Å². The van der Waals surface area contributed by atoms with Gasteiger partial charge in [-0.15, -0.1) is 0 Å². The van der Waals surface area contributed by atoms with Crippen LogP contribution in [-0.2, 0) is 4.74 Å². The molecule has 0 amide bonds. The summed E-state index contributed by atoms with van der Waals surface area (Å²) in [6, 6.07) is 4.89. The Morgan fingerprint density at radius 2 is 2.36 bits per heavy atom. The smallest absolute Gasteiger partial charge is 0.357 e. The Balaban J connectivity index is 2.70. The number of hydrogen-bond donors (Lipinski definition) is 1. The van der Waals surface area contributed by atoms with Crippen molar-refractivity contribution >= 4 is 11.8 Å². The molecule has 76 valence electrons. The van der Waals surface area contributed by atoms with Gasteiger partial charge in [-0.05, 0) is 25.5 Å². The van der Waals surface area contributed by atoms with E-state index in [4.69, 9.17) is 10.5 Å². The minimum absolute atomic E-state index is 0.0919. The molecule has 0 saturated heterocycles. The van der Waals surface area contributed by atoms with Crippen LogP contribution >= 0.6 is 0 Å². The molecule has 0 spiro atoms. The lowest BCUT2D eigenvalue weighted by Crippen LogP contribution is -2.15. The quantitative estimate of drug-likeness (QED) is 0.742. The van der Waals surface area contributed by atoms with Crippen LogP contribution in [0.5, 0.6) is 0 Å². The first-order valence-electron chi connectivity index (χ1n) is 4.57. The molecule has 1 aromatic heterocycles. The molecule has 1 atom stereocenters. The molecule has 0 aromatic carbocycles. The van der Waals surface area contributed by atoms with E-state index in [1.165, 1.54) is 0 Å². The Labute approximate surface area is 83.1 Å². The fourth-order valence-electron chi connectivity index (χ4n) is 0.892. The highest BCUT2D eigenvalue weighted by Crippen LogP contribution is 2.05. The van der Waals surface area contributed by atoms with Gasteiger partial charge in [0.25, 0.3) is 0 Å². The predicted molar refractivity (Wildman–Crippen MR) is 53.8 cm³/mol. The van der Waals surface area contributed by atoms with Gasteiger partial charge in [0.1, 0.15) is 5.82 Å². The number of nitrogens with two attached hydrogens (primary N) is 1. The molecule has 2 N–H and O–H groups in total. The highest BCUT2D eigenvalue weighted by atomic mass is 16.5. The molecule has 0 aliphatic carbocycles. The summed E-state index contributed by atoms with van der Waals surface area (Å²) < 4.78 is 5.08. The van der Waals surface area contributed by atoms with E-state index in [9.17, 15) is 4.79 Å². The van der Waals surface area contributed by atoms with Crippen LogP contribution in [0.3, 0.4) is 0 Å². The van der Waals surface area contributed by atoms with Crippen molar-refractivity contribution in [3.63, 3.8) is 0 Å². The summed E-state index contributed by atoms with van der Waals surface area (Å²) in [5.41, 5.74) is 5.70. The molecule has 4 heteroatoms. The third-order valence-electron chi connectivity index (χ3n) is 1.86. The number of nitrogen functional groups attached to an aromatic ring is 1. The van der Waals surface area contributed by atoms with Gasteiger partial charge >= 0.3 is 5.97 Å². The van der Waals surface area contributed by atoms with Gasteiger partial charge in [0.2, 0.25) is 0 Å². The van der Waals surface area contributed by atoms with Crippen molar-refractivity contribution in [1.82, 2.24) is 4.98 Å². The Bertz CT molecular complexity index is 326. The zero-order valence-electron chi connectivity index (χ0n) is 8.36. The molecule has 0 radical (unpaired) electrons. The summed E-state index contributed by atoms with van der Waals surface area (Å²) in [4.78, 5) is 15.3. The van der Waals surface area contributed by atoms with Gasteiger partial charge < -0.3 is 10.5 Å². The molecular formula is C10H14N2O2. The molecular weight excluding hydrogens is 180 g/mol. The lowest BCUT2D eigenvalue weighted by molar-refractivity contribution is 0.0327. The van der Waals surface area contributed by atoms with Crippen molar-refractivity contribution in [2.45, 2.75) is 26.4 Å². The van der Waals surface area contributed by atoms with E-state index >= 15 is 0 Å². The van der Waals surface area contributed by atoms with Crippen molar-refractivity contribution in [2.24, 2.45) is 0 Å². The minimum Gasteiger partial charge on any atom is -0.458 e. The van der Waals surface area contributed by atoms with E-state index in [1.807, 2.05) is 13.8 Å². The van der Waals surface area contributed by atoms with Crippen LogP contribution < -0.4 is 5.73 Å². The summed E-state index contributed by atoms with van der Waals surface area (Å²) >= 11 is 0. The Hall–Kier alpha value is -1.58. The van der Waals surface area contributed by atoms with Crippen molar-refractivity contribution in [3.8, 4) is 0 Å². The second-order valence-corrected chi connectivity index (χ2v) is 3.07. The van der Waals surface area contributed by atoms with Gasteiger partial charge in [-0.1, -0.05) is 13.0 Å². The molecule has 1 aromatic rings. The lowest BCUT2D eigenvalue weighted by Gasteiger charge is -2.09. The topological polar surface area (TPSA) is 65.2 Å². The van der Waals surface area contributed by atoms with Crippen molar-refractivity contribution in [2.75, 3.05) is 5.73 Å². The van der Waals surface area contributed by atoms with E-state index in [0.717, 1.165) is 6.42 Å². The van der Waals surface area contributed by atoms with E-state index in [1.54, 1.807) is 18.2 Å². The van der Waals surface area contributed by atoms with Gasteiger partial charge in [0.15, 0.2) is 5.69 Å². The lowest BCUT2D eigenvalue weighted by atomic mass is 10.3. The van der Waals surface area contributed by atoms with Crippen LogP contribution in [-0.4, -0.2) is 17.1 Å². The van der Waals surface area contributed by atoms with Crippen LogP contribution in [0.2, 0.25) is 0 Å². The van der Waals surface area contributed by atoms with Crippen LogP contribution in [0.1, 0.15) is 30.8 Å². The number of nitrogens with zero attached hydrogens (tertiary/aromatic N) is 1. The fourth-order valence-corrected chi connectivity index (χ4v) is 0.892.